The number of ether oxygens (including phenoxy) is 2. The Hall–Kier alpha value is -3.29. The van der Waals surface area contributed by atoms with Crippen LogP contribution < -0.4 is 27.0 Å². The van der Waals surface area contributed by atoms with E-state index in [1.807, 2.05) is 0 Å². The van der Waals surface area contributed by atoms with E-state index in [1.165, 1.54) is 0 Å². The Balaban J connectivity index is 4.42. The molecule has 0 fully saturated rings. The minimum Gasteiger partial charge on any atom is -0.444 e. The average Bonchev–Trinajstić information content (AvgIpc) is 2.82. The van der Waals surface area contributed by atoms with Gasteiger partial charge in [-0.15, -0.1) is 0 Å². The Morgan fingerprint density at radius 3 is 1.98 bits per heavy atom. The van der Waals surface area contributed by atoms with Crippen molar-refractivity contribution in [3.05, 3.63) is 0 Å². The minimum absolute atomic E-state index is 0.105. The number of aliphatic hydroxyl groups is 1. The van der Waals surface area contributed by atoms with Gasteiger partial charge in [-0.05, 0) is 87.0 Å². The zero-order valence-corrected chi connectivity index (χ0v) is 26.6. The van der Waals surface area contributed by atoms with Gasteiger partial charge in [0.25, 0.3) is 0 Å². The van der Waals surface area contributed by atoms with Crippen LogP contribution in [0.3, 0.4) is 0 Å². The van der Waals surface area contributed by atoms with Gasteiger partial charge in [0.05, 0.1) is 12.5 Å². The molecule has 2 atom stereocenters. The van der Waals surface area contributed by atoms with Gasteiger partial charge in [0.2, 0.25) is 11.8 Å². The third-order valence-electron chi connectivity index (χ3n) is 5.55. The minimum atomic E-state index is -0.821. The number of aliphatic hydroxyl groups excluding tert-OH is 1. The molecule has 244 valence electrons. The second kappa shape index (κ2) is 19.8. The summed E-state index contributed by atoms with van der Waals surface area (Å²) < 4.78 is 10.7. The molecule has 0 aliphatic carbocycles. The number of nitrogens with one attached hydrogen (secondary N) is 5. The van der Waals surface area contributed by atoms with E-state index >= 15 is 0 Å². The predicted molar refractivity (Wildman–Crippen MR) is 161 cm³/mol. The summed E-state index contributed by atoms with van der Waals surface area (Å²) in [4.78, 5) is 50.7. The molecule has 0 aliphatic heterocycles. The van der Waals surface area contributed by atoms with Gasteiger partial charge in [0.15, 0.2) is 5.96 Å². The first-order chi connectivity index (χ1) is 19.4. The fourth-order valence-corrected chi connectivity index (χ4v) is 3.60. The largest absolute Gasteiger partial charge is 0.444 e. The van der Waals surface area contributed by atoms with Gasteiger partial charge in [-0.3, -0.25) is 15.0 Å². The summed E-state index contributed by atoms with van der Waals surface area (Å²) in [6.07, 6.45) is 1.62. The summed E-state index contributed by atoms with van der Waals surface area (Å²) in [5, 5.41) is 27.9. The molecule has 0 rings (SSSR count). The maximum atomic E-state index is 12.7. The van der Waals surface area contributed by atoms with Crippen molar-refractivity contribution in [1.29, 1.82) is 5.41 Å². The third-order valence-corrected chi connectivity index (χ3v) is 5.55. The average molecular weight is 602 g/mol. The van der Waals surface area contributed by atoms with Crippen LogP contribution in [0.5, 0.6) is 0 Å². The van der Waals surface area contributed by atoms with Gasteiger partial charge < -0.3 is 46.5 Å². The molecule has 0 saturated heterocycles. The highest BCUT2D eigenvalue weighted by Crippen LogP contribution is 2.11. The smallest absolute Gasteiger partial charge is 0.410 e. The molecule has 0 spiro atoms. The van der Waals surface area contributed by atoms with E-state index in [2.05, 4.69) is 21.3 Å². The second-order valence-electron chi connectivity index (χ2n) is 12.2. The normalized spacial score (nSPS) is 12.9. The number of nitrogens with zero attached hydrogens (tertiary/aromatic N) is 1. The van der Waals surface area contributed by atoms with Gasteiger partial charge in [-0.1, -0.05) is 0 Å². The fourth-order valence-electron chi connectivity index (χ4n) is 3.60. The quantitative estimate of drug-likeness (QED) is 0.0694. The molecule has 0 heterocycles. The summed E-state index contributed by atoms with van der Waals surface area (Å²) in [7, 11) is 0. The zero-order chi connectivity index (χ0) is 32.3. The predicted octanol–water partition coefficient (Wildman–Crippen LogP) is 1.94. The Morgan fingerprint density at radius 1 is 0.833 bits per heavy atom. The lowest BCUT2D eigenvalue weighted by molar-refractivity contribution is -0.129. The molecule has 0 aromatic carbocycles. The maximum Gasteiger partial charge on any atom is 0.410 e. The van der Waals surface area contributed by atoms with Crippen molar-refractivity contribution in [3.63, 3.8) is 0 Å². The molecule has 14 nitrogen and oxygen atoms in total. The van der Waals surface area contributed by atoms with Gasteiger partial charge in [-0.25, -0.2) is 9.59 Å². The molecule has 4 amide bonds. The third kappa shape index (κ3) is 22.4. The molecule has 42 heavy (non-hydrogen) atoms. The van der Waals surface area contributed by atoms with Crippen molar-refractivity contribution in [2.45, 2.75) is 117 Å². The molecule has 0 radical (unpaired) electrons. The molecule has 0 aromatic heterocycles. The summed E-state index contributed by atoms with van der Waals surface area (Å²) in [5.74, 6) is -0.863. The number of hydrogen-bond acceptors (Lipinski definition) is 8. The monoisotopic (exact) mass is 601 g/mol. The first-order valence-electron chi connectivity index (χ1n) is 14.7. The van der Waals surface area contributed by atoms with E-state index in [0.717, 1.165) is 0 Å². The van der Waals surface area contributed by atoms with Crippen LogP contribution in [0.25, 0.3) is 0 Å². The van der Waals surface area contributed by atoms with Crippen LogP contribution in [0, 0.1) is 5.41 Å². The Morgan fingerprint density at radius 2 is 1.38 bits per heavy atom. The first kappa shape index (κ1) is 38.7. The van der Waals surface area contributed by atoms with Crippen LogP contribution in [-0.4, -0.2) is 96.0 Å². The van der Waals surface area contributed by atoms with Gasteiger partial charge >= 0.3 is 12.2 Å². The van der Waals surface area contributed by atoms with E-state index in [-0.39, 0.29) is 18.3 Å². The molecule has 0 aliphatic rings. The number of carbonyl (C=O) groups is 4. The SMILES string of the molecule is C[C@H](NC(=O)CC(O)CCCCNC(=N)N)C(=O)NCCCCN(CCCNC(=O)OC(C)(C)C)C(=O)OC(C)(C)C. The van der Waals surface area contributed by atoms with Crippen molar-refractivity contribution < 1.29 is 33.8 Å². The van der Waals surface area contributed by atoms with E-state index in [4.69, 9.17) is 20.6 Å². The van der Waals surface area contributed by atoms with E-state index < -0.39 is 41.4 Å². The lowest BCUT2D eigenvalue weighted by Crippen LogP contribution is -2.45. The van der Waals surface area contributed by atoms with Gasteiger partial charge in [0, 0.05) is 32.7 Å². The number of rotatable bonds is 18. The van der Waals surface area contributed by atoms with E-state index in [9.17, 15) is 24.3 Å². The van der Waals surface area contributed by atoms with E-state index in [1.54, 1.807) is 53.4 Å². The number of unbranched alkanes of at least 4 members (excludes halogenated alkanes) is 2. The molecule has 8 N–H and O–H groups in total. The fraction of sp³-hybridized carbons (Fsp3) is 0.821. The molecular formula is C28H55N7O7. The maximum absolute atomic E-state index is 12.7. The highest BCUT2D eigenvalue weighted by molar-refractivity contribution is 5.87. The van der Waals surface area contributed by atoms with Crippen LogP contribution in [0.4, 0.5) is 9.59 Å². The Bertz CT molecular complexity index is 857. The van der Waals surface area contributed by atoms with Crippen molar-refractivity contribution in [3.8, 4) is 0 Å². The van der Waals surface area contributed by atoms with Gasteiger partial charge in [-0.2, -0.15) is 0 Å². The molecule has 14 heteroatoms. The summed E-state index contributed by atoms with van der Waals surface area (Å²) in [6.45, 7) is 14.3. The van der Waals surface area contributed by atoms with Gasteiger partial charge in [0.1, 0.15) is 17.2 Å². The number of alkyl carbamates (subject to hydrolysis) is 1. The Kier molecular flexibility index (Phi) is 18.2. The van der Waals surface area contributed by atoms with Crippen LogP contribution in [0.1, 0.15) is 93.4 Å². The summed E-state index contributed by atoms with van der Waals surface area (Å²) >= 11 is 0. The molecule has 0 bridgehead atoms. The van der Waals surface area contributed by atoms with Crippen molar-refractivity contribution >= 4 is 30.0 Å². The van der Waals surface area contributed by atoms with Crippen molar-refractivity contribution in [1.82, 2.24) is 26.2 Å². The number of nitrogens with two attached hydrogens (primary N) is 1. The van der Waals surface area contributed by atoms with Crippen LogP contribution >= 0.6 is 0 Å². The molecular weight excluding hydrogens is 546 g/mol. The van der Waals surface area contributed by atoms with Crippen molar-refractivity contribution in [2.24, 2.45) is 5.73 Å². The van der Waals surface area contributed by atoms with E-state index in [0.29, 0.717) is 71.2 Å². The molecule has 0 saturated carbocycles. The molecule has 1 unspecified atom stereocenters. The lowest BCUT2D eigenvalue weighted by atomic mass is 10.1. The highest BCUT2D eigenvalue weighted by Gasteiger charge is 2.22. The zero-order valence-electron chi connectivity index (χ0n) is 26.6. The lowest BCUT2D eigenvalue weighted by Gasteiger charge is -2.27. The van der Waals surface area contributed by atoms with Crippen LogP contribution in [0.15, 0.2) is 0 Å². The number of carbonyl (C=O) groups excluding carboxylic acids is 4. The number of hydrogen-bond donors (Lipinski definition) is 7. The second-order valence-corrected chi connectivity index (χ2v) is 12.2. The van der Waals surface area contributed by atoms with Crippen LogP contribution in [-0.2, 0) is 19.1 Å². The molecule has 0 aromatic rings. The standard InChI is InChI=1S/C28H55N7O7/c1-20(34-22(37)19-21(36)13-8-9-15-32-24(29)30)23(38)31-14-10-11-17-35(26(40)42-28(5,6)7)18-12-16-33-25(39)41-27(2,3)4/h20-21,36H,8-19H2,1-7H3,(H,31,38)(H,33,39)(H,34,37)(H4,29,30,32)/t20-,21?/m0/s1. The van der Waals surface area contributed by atoms with Crippen molar-refractivity contribution in [2.75, 3.05) is 32.7 Å². The number of amides is 4. The highest BCUT2D eigenvalue weighted by atomic mass is 16.6. The first-order valence-corrected chi connectivity index (χ1v) is 14.7. The summed E-state index contributed by atoms with van der Waals surface area (Å²) in [5.41, 5.74) is 3.96. The number of guanidine groups is 1. The van der Waals surface area contributed by atoms with Crippen LogP contribution in [0.2, 0.25) is 0 Å². The Labute approximate surface area is 250 Å². The summed E-state index contributed by atoms with van der Waals surface area (Å²) in [6, 6.07) is -0.764. The topological polar surface area (TPSA) is 208 Å².